The van der Waals surface area contributed by atoms with Gasteiger partial charge in [-0.1, -0.05) is 20.8 Å². The molecular weight excluding hydrogens is 194 g/mol. The summed E-state index contributed by atoms with van der Waals surface area (Å²) < 4.78 is 0. The van der Waals surface area contributed by atoms with Crippen LogP contribution in [0.1, 0.15) is 40.0 Å². The third kappa shape index (κ3) is 3.22. The van der Waals surface area contributed by atoms with Gasteiger partial charge in [-0.3, -0.25) is 4.79 Å². The third-order valence-electron chi connectivity index (χ3n) is 2.72. The second kappa shape index (κ2) is 4.21. The maximum absolute atomic E-state index is 11.5. The fourth-order valence-corrected chi connectivity index (χ4v) is 1.73. The minimum absolute atomic E-state index is 0.0216. The maximum atomic E-state index is 11.5. The SMILES string of the molecule is CC(C)(C)CCN1C(=O)CCC1C(=O)O. The standard InChI is InChI=1S/C11H19NO3/c1-11(2,3)6-7-12-8(10(14)15)4-5-9(12)13/h8H,4-7H2,1-3H3,(H,14,15). The molecule has 1 aliphatic heterocycles. The molecule has 0 radical (unpaired) electrons. The summed E-state index contributed by atoms with van der Waals surface area (Å²) in [5.41, 5.74) is 0.131. The van der Waals surface area contributed by atoms with Crippen molar-refractivity contribution in [2.75, 3.05) is 6.54 Å². The molecule has 0 saturated carbocycles. The molecule has 0 spiro atoms. The van der Waals surface area contributed by atoms with E-state index in [4.69, 9.17) is 5.11 Å². The van der Waals surface area contributed by atoms with Gasteiger partial charge >= 0.3 is 5.97 Å². The van der Waals surface area contributed by atoms with E-state index in [1.807, 2.05) is 0 Å². The number of aliphatic carboxylic acids is 1. The lowest BCUT2D eigenvalue weighted by Crippen LogP contribution is -2.40. The number of carbonyl (C=O) groups excluding carboxylic acids is 1. The number of carboxylic acid groups (broad SMARTS) is 1. The van der Waals surface area contributed by atoms with Crippen molar-refractivity contribution in [3.05, 3.63) is 0 Å². The smallest absolute Gasteiger partial charge is 0.326 e. The first-order valence-electron chi connectivity index (χ1n) is 5.33. The molecule has 1 unspecified atom stereocenters. The van der Waals surface area contributed by atoms with Crippen molar-refractivity contribution >= 4 is 11.9 Å². The third-order valence-corrected chi connectivity index (χ3v) is 2.72. The van der Waals surface area contributed by atoms with Gasteiger partial charge in [0.15, 0.2) is 0 Å². The van der Waals surface area contributed by atoms with Crippen LogP contribution in [0.25, 0.3) is 0 Å². The fourth-order valence-electron chi connectivity index (χ4n) is 1.73. The van der Waals surface area contributed by atoms with Crippen LogP contribution in [-0.2, 0) is 9.59 Å². The van der Waals surface area contributed by atoms with Crippen molar-refractivity contribution in [2.24, 2.45) is 5.41 Å². The molecule has 1 heterocycles. The molecule has 1 fully saturated rings. The summed E-state index contributed by atoms with van der Waals surface area (Å²) in [5, 5.41) is 8.94. The highest BCUT2D eigenvalue weighted by molar-refractivity contribution is 5.87. The molecule has 1 rings (SSSR count). The Morgan fingerprint density at radius 2 is 2.13 bits per heavy atom. The van der Waals surface area contributed by atoms with E-state index in [1.165, 1.54) is 4.90 Å². The molecule has 1 amide bonds. The van der Waals surface area contributed by atoms with Crippen LogP contribution in [0.4, 0.5) is 0 Å². The number of likely N-dealkylation sites (tertiary alicyclic amines) is 1. The van der Waals surface area contributed by atoms with Gasteiger partial charge in [-0.15, -0.1) is 0 Å². The number of hydrogen-bond acceptors (Lipinski definition) is 2. The van der Waals surface area contributed by atoms with Crippen molar-refractivity contribution < 1.29 is 14.7 Å². The lowest BCUT2D eigenvalue weighted by atomic mass is 9.92. The van der Waals surface area contributed by atoms with E-state index in [0.717, 1.165) is 6.42 Å². The molecule has 1 aliphatic rings. The molecule has 4 nitrogen and oxygen atoms in total. The van der Waals surface area contributed by atoms with Crippen LogP contribution in [0.2, 0.25) is 0 Å². The molecule has 86 valence electrons. The molecule has 0 aromatic heterocycles. The first kappa shape index (κ1) is 12.0. The Hall–Kier alpha value is -1.06. The summed E-state index contributed by atoms with van der Waals surface area (Å²) in [7, 11) is 0. The van der Waals surface area contributed by atoms with Crippen molar-refractivity contribution in [1.82, 2.24) is 4.90 Å². The van der Waals surface area contributed by atoms with E-state index >= 15 is 0 Å². The van der Waals surface area contributed by atoms with Gasteiger partial charge in [0, 0.05) is 13.0 Å². The van der Waals surface area contributed by atoms with Gasteiger partial charge in [-0.05, 0) is 18.3 Å². The zero-order valence-electron chi connectivity index (χ0n) is 9.62. The molecule has 1 N–H and O–H groups in total. The number of carboxylic acids is 1. The predicted octanol–water partition coefficient (Wildman–Crippen LogP) is 1.50. The van der Waals surface area contributed by atoms with Crippen LogP contribution in [0.5, 0.6) is 0 Å². The van der Waals surface area contributed by atoms with Crippen molar-refractivity contribution in [3.8, 4) is 0 Å². The molecule has 0 aliphatic carbocycles. The van der Waals surface area contributed by atoms with E-state index < -0.39 is 12.0 Å². The van der Waals surface area contributed by atoms with Crippen LogP contribution in [0.15, 0.2) is 0 Å². The zero-order chi connectivity index (χ0) is 11.6. The molecule has 4 heteroatoms. The second-order valence-electron chi connectivity index (χ2n) is 5.29. The summed E-state index contributed by atoms with van der Waals surface area (Å²) in [6.45, 7) is 6.81. The maximum Gasteiger partial charge on any atom is 0.326 e. The lowest BCUT2D eigenvalue weighted by molar-refractivity contribution is -0.146. The van der Waals surface area contributed by atoms with Crippen molar-refractivity contribution in [3.63, 3.8) is 0 Å². The highest BCUT2D eigenvalue weighted by Gasteiger charge is 2.35. The number of carbonyl (C=O) groups is 2. The number of amides is 1. The van der Waals surface area contributed by atoms with E-state index in [9.17, 15) is 9.59 Å². The quantitative estimate of drug-likeness (QED) is 0.772. The summed E-state index contributed by atoms with van der Waals surface area (Å²) in [4.78, 5) is 23.9. The Morgan fingerprint density at radius 1 is 1.53 bits per heavy atom. The second-order valence-corrected chi connectivity index (χ2v) is 5.29. The van der Waals surface area contributed by atoms with Gasteiger partial charge in [-0.25, -0.2) is 4.79 Å². The predicted molar refractivity (Wildman–Crippen MR) is 56.4 cm³/mol. The Bertz CT molecular complexity index is 267. The van der Waals surface area contributed by atoms with Gasteiger partial charge in [0.05, 0.1) is 0 Å². The molecule has 0 aromatic carbocycles. The monoisotopic (exact) mass is 213 g/mol. The minimum Gasteiger partial charge on any atom is -0.480 e. The van der Waals surface area contributed by atoms with Gasteiger partial charge in [0.1, 0.15) is 6.04 Å². The molecule has 15 heavy (non-hydrogen) atoms. The number of rotatable bonds is 3. The van der Waals surface area contributed by atoms with Crippen LogP contribution >= 0.6 is 0 Å². The van der Waals surface area contributed by atoms with Crippen LogP contribution in [-0.4, -0.2) is 34.5 Å². The summed E-state index contributed by atoms with van der Waals surface area (Å²) in [6.07, 6.45) is 1.67. The molecular formula is C11H19NO3. The normalized spacial score (nSPS) is 22.2. The lowest BCUT2D eigenvalue weighted by Gasteiger charge is -2.26. The van der Waals surface area contributed by atoms with Gasteiger partial charge in [0.2, 0.25) is 5.91 Å². The highest BCUT2D eigenvalue weighted by Crippen LogP contribution is 2.24. The Labute approximate surface area is 90.3 Å². The van der Waals surface area contributed by atoms with E-state index in [2.05, 4.69) is 20.8 Å². The van der Waals surface area contributed by atoms with Crippen LogP contribution < -0.4 is 0 Å². The molecule has 1 atom stereocenters. The Morgan fingerprint density at radius 3 is 2.60 bits per heavy atom. The summed E-state index contributed by atoms with van der Waals surface area (Å²) in [6, 6.07) is -0.597. The van der Waals surface area contributed by atoms with Gasteiger partial charge < -0.3 is 10.0 Å². The zero-order valence-corrected chi connectivity index (χ0v) is 9.62. The van der Waals surface area contributed by atoms with Crippen molar-refractivity contribution in [1.29, 1.82) is 0 Å². The van der Waals surface area contributed by atoms with Gasteiger partial charge in [-0.2, -0.15) is 0 Å². The molecule has 1 saturated heterocycles. The fraction of sp³-hybridized carbons (Fsp3) is 0.818. The summed E-state index contributed by atoms with van der Waals surface area (Å²) in [5.74, 6) is -0.901. The average molecular weight is 213 g/mol. The van der Waals surface area contributed by atoms with E-state index in [0.29, 0.717) is 19.4 Å². The molecule has 0 bridgehead atoms. The summed E-state index contributed by atoms with van der Waals surface area (Å²) >= 11 is 0. The first-order valence-corrected chi connectivity index (χ1v) is 5.33. The van der Waals surface area contributed by atoms with E-state index in [1.54, 1.807) is 0 Å². The number of nitrogens with zero attached hydrogens (tertiary/aromatic N) is 1. The average Bonchev–Trinajstić information content (AvgIpc) is 2.42. The Kier molecular flexibility index (Phi) is 3.37. The topological polar surface area (TPSA) is 57.6 Å². The minimum atomic E-state index is -0.880. The number of hydrogen-bond donors (Lipinski definition) is 1. The van der Waals surface area contributed by atoms with E-state index in [-0.39, 0.29) is 11.3 Å². The molecule has 0 aromatic rings. The largest absolute Gasteiger partial charge is 0.480 e. The van der Waals surface area contributed by atoms with Crippen LogP contribution in [0.3, 0.4) is 0 Å². The first-order chi connectivity index (χ1) is 6.81. The van der Waals surface area contributed by atoms with Crippen LogP contribution in [0, 0.1) is 5.41 Å². The van der Waals surface area contributed by atoms with Crippen molar-refractivity contribution in [2.45, 2.75) is 46.1 Å². The highest BCUT2D eigenvalue weighted by atomic mass is 16.4. The van der Waals surface area contributed by atoms with Gasteiger partial charge in [0.25, 0.3) is 0 Å². The Balaban J connectivity index is 2.58.